The van der Waals surface area contributed by atoms with Crippen molar-refractivity contribution in [2.24, 2.45) is 0 Å². The minimum absolute atomic E-state index is 0.151. The molecular weight excluding hydrogens is 414 g/mol. The summed E-state index contributed by atoms with van der Waals surface area (Å²) < 4.78 is 8.24. The van der Waals surface area contributed by atoms with Gasteiger partial charge < -0.3 is 10.1 Å². The number of carbonyl (C=O) groups is 1. The Morgan fingerprint density at radius 1 is 1.06 bits per heavy atom. The molecule has 0 aliphatic rings. The van der Waals surface area contributed by atoms with E-state index >= 15 is 0 Å². The number of amides is 1. The first-order valence-electron chi connectivity index (χ1n) is 9.71. The van der Waals surface area contributed by atoms with Gasteiger partial charge in [-0.3, -0.25) is 18.6 Å². The SMILES string of the molecule is CCc1ccc(NC(=O)CSc2nnc3c(=O)n(-c4ccc(OC)cc4)ccn23)cc1. The highest BCUT2D eigenvalue weighted by molar-refractivity contribution is 7.99. The van der Waals surface area contributed by atoms with Gasteiger partial charge in [-0.1, -0.05) is 30.8 Å². The van der Waals surface area contributed by atoms with Crippen LogP contribution in [0.3, 0.4) is 0 Å². The zero-order chi connectivity index (χ0) is 21.8. The van der Waals surface area contributed by atoms with Crippen molar-refractivity contribution in [2.75, 3.05) is 18.2 Å². The van der Waals surface area contributed by atoms with Crippen molar-refractivity contribution in [3.8, 4) is 11.4 Å². The summed E-state index contributed by atoms with van der Waals surface area (Å²) in [5.74, 6) is 0.703. The Morgan fingerprint density at radius 2 is 1.81 bits per heavy atom. The standard InChI is InChI=1S/C22H21N5O3S/c1-3-15-4-6-16(7-5-15)23-19(28)14-31-22-25-24-20-21(29)26(12-13-27(20)22)17-8-10-18(30-2)11-9-17/h4-13H,3,14H2,1-2H3,(H,23,28). The second-order valence-electron chi connectivity index (χ2n) is 6.73. The van der Waals surface area contributed by atoms with Gasteiger partial charge in [0.05, 0.1) is 12.9 Å². The molecule has 2 aromatic heterocycles. The summed E-state index contributed by atoms with van der Waals surface area (Å²) in [5.41, 5.74) is 2.54. The summed E-state index contributed by atoms with van der Waals surface area (Å²) in [6.45, 7) is 2.08. The number of ether oxygens (including phenoxy) is 1. The third-order valence-electron chi connectivity index (χ3n) is 4.77. The lowest BCUT2D eigenvalue weighted by atomic mass is 10.1. The Labute approximate surface area is 182 Å². The first-order valence-corrected chi connectivity index (χ1v) is 10.7. The second kappa shape index (κ2) is 9.05. The van der Waals surface area contributed by atoms with Crippen molar-refractivity contribution in [3.63, 3.8) is 0 Å². The van der Waals surface area contributed by atoms with Crippen molar-refractivity contribution < 1.29 is 9.53 Å². The number of fused-ring (bicyclic) bond motifs is 1. The van der Waals surface area contributed by atoms with Crippen LogP contribution in [0.5, 0.6) is 5.75 Å². The summed E-state index contributed by atoms with van der Waals surface area (Å²) in [4.78, 5) is 25.1. The van der Waals surface area contributed by atoms with Crippen LogP contribution < -0.4 is 15.6 Å². The fourth-order valence-corrected chi connectivity index (χ4v) is 3.78. The monoisotopic (exact) mass is 435 g/mol. The molecule has 0 fully saturated rings. The van der Waals surface area contributed by atoms with Gasteiger partial charge in [-0.05, 0) is 48.4 Å². The zero-order valence-corrected chi connectivity index (χ0v) is 17.9. The van der Waals surface area contributed by atoms with E-state index < -0.39 is 0 Å². The molecule has 31 heavy (non-hydrogen) atoms. The fourth-order valence-electron chi connectivity index (χ4n) is 3.06. The van der Waals surface area contributed by atoms with Crippen molar-refractivity contribution in [2.45, 2.75) is 18.5 Å². The molecule has 0 radical (unpaired) electrons. The highest BCUT2D eigenvalue weighted by Crippen LogP contribution is 2.18. The number of carbonyl (C=O) groups excluding carboxylic acids is 1. The average Bonchev–Trinajstić information content (AvgIpc) is 3.22. The van der Waals surface area contributed by atoms with E-state index in [1.807, 2.05) is 24.3 Å². The Morgan fingerprint density at radius 3 is 2.48 bits per heavy atom. The highest BCUT2D eigenvalue weighted by Gasteiger charge is 2.14. The van der Waals surface area contributed by atoms with E-state index in [9.17, 15) is 9.59 Å². The summed E-state index contributed by atoms with van der Waals surface area (Å²) in [5, 5.41) is 11.4. The van der Waals surface area contributed by atoms with Crippen molar-refractivity contribution in [1.82, 2.24) is 19.2 Å². The molecule has 2 aromatic carbocycles. The minimum atomic E-state index is -0.299. The van der Waals surface area contributed by atoms with E-state index in [4.69, 9.17) is 4.74 Å². The number of hydrogen-bond donors (Lipinski definition) is 1. The minimum Gasteiger partial charge on any atom is -0.497 e. The predicted molar refractivity (Wildman–Crippen MR) is 120 cm³/mol. The van der Waals surface area contributed by atoms with E-state index in [0.717, 1.165) is 12.1 Å². The molecular formula is C22H21N5O3S. The molecule has 0 aliphatic carbocycles. The Bertz CT molecular complexity index is 1260. The second-order valence-corrected chi connectivity index (χ2v) is 7.68. The molecule has 8 nitrogen and oxygen atoms in total. The number of nitrogens with zero attached hydrogens (tertiary/aromatic N) is 4. The van der Waals surface area contributed by atoms with Crippen LogP contribution in [0.1, 0.15) is 12.5 Å². The van der Waals surface area contributed by atoms with Gasteiger partial charge >= 0.3 is 5.56 Å². The molecule has 0 spiro atoms. The normalized spacial score (nSPS) is 10.9. The van der Waals surface area contributed by atoms with E-state index in [1.54, 1.807) is 48.2 Å². The van der Waals surface area contributed by atoms with Crippen molar-refractivity contribution in [3.05, 3.63) is 76.8 Å². The largest absolute Gasteiger partial charge is 0.497 e. The molecule has 2 heterocycles. The van der Waals surface area contributed by atoms with Crippen LogP contribution in [0.15, 0.2) is 70.9 Å². The summed E-state index contributed by atoms with van der Waals surface area (Å²) in [6, 6.07) is 14.9. The smallest absolute Gasteiger partial charge is 0.300 e. The van der Waals surface area contributed by atoms with E-state index in [1.165, 1.54) is 21.9 Å². The number of aromatic nitrogens is 4. The molecule has 1 N–H and O–H groups in total. The lowest BCUT2D eigenvalue weighted by Crippen LogP contribution is -2.20. The lowest BCUT2D eigenvalue weighted by Gasteiger charge is -2.08. The lowest BCUT2D eigenvalue weighted by molar-refractivity contribution is -0.113. The van der Waals surface area contributed by atoms with Gasteiger partial charge in [-0.2, -0.15) is 0 Å². The molecule has 4 aromatic rings. The molecule has 0 aliphatic heterocycles. The van der Waals surface area contributed by atoms with Crippen LogP contribution in [0.2, 0.25) is 0 Å². The molecule has 0 bridgehead atoms. The third-order valence-corrected chi connectivity index (χ3v) is 5.71. The van der Waals surface area contributed by atoms with Crippen LogP contribution in [0, 0.1) is 0 Å². The van der Waals surface area contributed by atoms with Gasteiger partial charge in [0.1, 0.15) is 5.75 Å². The molecule has 4 rings (SSSR count). The summed E-state index contributed by atoms with van der Waals surface area (Å²) in [6.07, 6.45) is 4.31. The van der Waals surface area contributed by atoms with Gasteiger partial charge in [0.15, 0.2) is 5.16 Å². The zero-order valence-electron chi connectivity index (χ0n) is 17.1. The molecule has 0 saturated carbocycles. The number of hydrogen-bond acceptors (Lipinski definition) is 6. The van der Waals surface area contributed by atoms with E-state index in [2.05, 4.69) is 22.4 Å². The Hall–Kier alpha value is -3.59. The van der Waals surface area contributed by atoms with Crippen LogP contribution in [-0.2, 0) is 11.2 Å². The Balaban J connectivity index is 1.48. The molecule has 0 atom stereocenters. The first kappa shape index (κ1) is 20.7. The number of nitrogens with one attached hydrogen (secondary N) is 1. The topological polar surface area (TPSA) is 90.5 Å². The number of thioether (sulfide) groups is 1. The quantitative estimate of drug-likeness (QED) is 0.449. The maximum atomic E-state index is 12.8. The maximum absolute atomic E-state index is 12.8. The molecule has 9 heteroatoms. The predicted octanol–water partition coefficient (Wildman–Crippen LogP) is 3.18. The van der Waals surface area contributed by atoms with Crippen LogP contribution in [0.25, 0.3) is 11.3 Å². The molecule has 1 amide bonds. The van der Waals surface area contributed by atoms with Gasteiger partial charge in [-0.15, -0.1) is 10.2 Å². The van der Waals surface area contributed by atoms with Gasteiger partial charge in [0, 0.05) is 23.8 Å². The number of anilines is 1. The fraction of sp³-hybridized carbons (Fsp3) is 0.182. The highest BCUT2D eigenvalue weighted by atomic mass is 32.2. The van der Waals surface area contributed by atoms with Gasteiger partial charge in [0.2, 0.25) is 11.6 Å². The summed E-state index contributed by atoms with van der Waals surface area (Å²) >= 11 is 1.22. The molecule has 0 saturated heterocycles. The number of benzene rings is 2. The van der Waals surface area contributed by atoms with Crippen molar-refractivity contribution >= 4 is 29.0 Å². The number of rotatable bonds is 7. The first-order chi connectivity index (χ1) is 15.1. The maximum Gasteiger partial charge on any atom is 0.300 e. The Kier molecular flexibility index (Phi) is 6.03. The van der Waals surface area contributed by atoms with Crippen LogP contribution >= 0.6 is 11.8 Å². The molecule has 0 unspecified atom stereocenters. The van der Waals surface area contributed by atoms with Crippen molar-refractivity contribution in [1.29, 1.82) is 0 Å². The summed E-state index contributed by atoms with van der Waals surface area (Å²) in [7, 11) is 1.59. The van der Waals surface area contributed by atoms with Crippen LogP contribution in [0.4, 0.5) is 5.69 Å². The average molecular weight is 436 g/mol. The molecule has 158 valence electrons. The van der Waals surface area contributed by atoms with E-state index in [0.29, 0.717) is 16.6 Å². The van der Waals surface area contributed by atoms with Gasteiger partial charge in [0.25, 0.3) is 0 Å². The number of methoxy groups -OCH3 is 1. The van der Waals surface area contributed by atoms with E-state index in [-0.39, 0.29) is 22.9 Å². The van der Waals surface area contributed by atoms with Crippen LogP contribution in [-0.4, -0.2) is 37.9 Å². The van der Waals surface area contributed by atoms with Gasteiger partial charge in [-0.25, -0.2) is 0 Å². The number of aryl methyl sites for hydroxylation is 1. The third kappa shape index (κ3) is 4.46.